The molecule has 1 aromatic carbocycles. The molecule has 0 aliphatic rings. The van der Waals surface area contributed by atoms with E-state index >= 15 is 0 Å². The lowest BCUT2D eigenvalue weighted by atomic mass is 10.2. The molecule has 2 rings (SSSR count). The number of phenolic OH excluding ortho intramolecular Hbond substituents is 1. The van der Waals surface area contributed by atoms with E-state index in [-0.39, 0.29) is 27.6 Å². The van der Waals surface area contributed by atoms with Gasteiger partial charge in [0.1, 0.15) is 5.75 Å². The fraction of sp³-hybridized carbons (Fsp3) is 0.143. The summed E-state index contributed by atoms with van der Waals surface area (Å²) >= 11 is 0. The lowest BCUT2D eigenvalue weighted by molar-refractivity contribution is -0.605. The summed E-state index contributed by atoms with van der Waals surface area (Å²) in [5, 5.41) is 23.1. The van der Waals surface area contributed by atoms with E-state index in [1.165, 1.54) is 37.3 Å². The number of anilines is 1. The zero-order chi connectivity index (χ0) is 16.3. The van der Waals surface area contributed by atoms with Crippen molar-refractivity contribution in [2.75, 3.05) is 11.1 Å². The number of carbonyl (C=O) groups is 1. The monoisotopic (exact) mass is 322 g/mol. The van der Waals surface area contributed by atoms with Gasteiger partial charge in [-0.15, -0.1) is 0 Å². The van der Waals surface area contributed by atoms with Gasteiger partial charge >= 0.3 is 0 Å². The fourth-order valence-corrected chi connectivity index (χ4v) is 2.64. The van der Waals surface area contributed by atoms with Crippen LogP contribution in [0.2, 0.25) is 0 Å². The first-order valence-corrected chi connectivity index (χ1v) is 8.04. The highest BCUT2D eigenvalue weighted by molar-refractivity contribution is 7.91. The Hall–Kier alpha value is -2.61. The third kappa shape index (κ3) is 3.34. The molecule has 0 saturated heterocycles. The number of aromatic hydroxyl groups is 1. The predicted molar refractivity (Wildman–Crippen MR) is 79.2 cm³/mol. The van der Waals surface area contributed by atoms with Crippen LogP contribution in [0, 0.1) is 5.21 Å². The second-order valence-electron chi connectivity index (χ2n) is 4.48. The first-order valence-electron chi connectivity index (χ1n) is 6.39. The van der Waals surface area contributed by atoms with Gasteiger partial charge < -0.3 is 15.6 Å². The van der Waals surface area contributed by atoms with Crippen LogP contribution in [0.3, 0.4) is 0 Å². The summed E-state index contributed by atoms with van der Waals surface area (Å²) in [6.07, 6.45) is 2.32. The molecule has 22 heavy (non-hydrogen) atoms. The lowest BCUT2D eigenvalue weighted by Crippen LogP contribution is -2.25. The average Bonchev–Trinajstić information content (AvgIpc) is 2.50. The number of carbonyl (C=O) groups excluding carboxylic acids is 1. The van der Waals surface area contributed by atoms with Crippen LogP contribution in [0.15, 0.2) is 47.6 Å². The van der Waals surface area contributed by atoms with E-state index in [0.717, 1.165) is 12.4 Å². The molecule has 0 unspecified atom stereocenters. The second kappa shape index (κ2) is 6.02. The van der Waals surface area contributed by atoms with Crippen molar-refractivity contribution in [3.05, 3.63) is 53.5 Å². The zero-order valence-corrected chi connectivity index (χ0v) is 12.5. The summed E-state index contributed by atoms with van der Waals surface area (Å²) in [4.78, 5) is 12.0. The minimum absolute atomic E-state index is 0.00793. The highest BCUT2D eigenvalue weighted by Gasteiger charge is 2.16. The Morgan fingerprint density at radius 2 is 1.91 bits per heavy atom. The van der Waals surface area contributed by atoms with Gasteiger partial charge in [-0.25, -0.2) is 8.42 Å². The van der Waals surface area contributed by atoms with Gasteiger partial charge in [0.2, 0.25) is 0 Å². The summed E-state index contributed by atoms with van der Waals surface area (Å²) in [7, 11) is -3.45. The number of phenols is 1. The first-order chi connectivity index (χ1) is 10.3. The molecule has 0 spiro atoms. The van der Waals surface area contributed by atoms with Crippen molar-refractivity contribution < 1.29 is 23.0 Å². The highest BCUT2D eigenvalue weighted by atomic mass is 32.2. The number of pyridine rings is 1. The van der Waals surface area contributed by atoms with E-state index < -0.39 is 15.7 Å². The molecule has 2 N–H and O–H groups in total. The SMILES string of the molecule is CCS(=O)(=O)c1ccc(O)c(NC(=O)c2cc[n+]([O-])cc2)c1. The Bertz CT molecular complexity index is 800. The number of rotatable bonds is 4. The number of benzene rings is 1. The van der Waals surface area contributed by atoms with E-state index in [4.69, 9.17) is 0 Å². The van der Waals surface area contributed by atoms with Gasteiger partial charge in [-0.1, -0.05) is 6.92 Å². The molecule has 0 aliphatic heterocycles. The van der Waals surface area contributed by atoms with Gasteiger partial charge in [-0.3, -0.25) is 4.79 Å². The van der Waals surface area contributed by atoms with Crippen LogP contribution in [0.5, 0.6) is 5.75 Å². The van der Waals surface area contributed by atoms with Gasteiger partial charge in [-0.05, 0) is 18.2 Å². The van der Waals surface area contributed by atoms with E-state index in [2.05, 4.69) is 5.32 Å². The van der Waals surface area contributed by atoms with E-state index in [0.29, 0.717) is 4.73 Å². The predicted octanol–water partition coefficient (Wildman–Crippen LogP) is 1.07. The molecule has 0 aliphatic carbocycles. The summed E-state index contributed by atoms with van der Waals surface area (Å²) < 4.78 is 24.2. The highest BCUT2D eigenvalue weighted by Crippen LogP contribution is 2.27. The number of hydrogen-bond donors (Lipinski definition) is 2. The Morgan fingerprint density at radius 1 is 1.27 bits per heavy atom. The van der Waals surface area contributed by atoms with E-state index in [1.807, 2.05) is 0 Å². The fourth-order valence-electron chi connectivity index (χ4n) is 1.73. The third-order valence-corrected chi connectivity index (χ3v) is 4.75. The summed E-state index contributed by atoms with van der Waals surface area (Å²) in [6.45, 7) is 1.50. The van der Waals surface area contributed by atoms with Crippen LogP contribution < -0.4 is 10.0 Å². The molecule has 116 valence electrons. The number of aromatic nitrogens is 1. The molecule has 2 aromatic rings. The summed E-state index contributed by atoms with van der Waals surface area (Å²) in [5.41, 5.74) is 0.189. The number of nitrogens with zero attached hydrogens (tertiary/aromatic N) is 1. The van der Waals surface area contributed by atoms with Gasteiger partial charge in [0, 0.05) is 12.1 Å². The minimum Gasteiger partial charge on any atom is -0.619 e. The molecule has 1 aromatic heterocycles. The normalized spacial score (nSPS) is 11.1. The molecule has 0 radical (unpaired) electrons. The van der Waals surface area contributed by atoms with Crippen LogP contribution in [-0.4, -0.2) is 25.2 Å². The molecule has 0 saturated carbocycles. The first kappa shape index (κ1) is 15.8. The largest absolute Gasteiger partial charge is 0.619 e. The molecule has 7 nitrogen and oxygen atoms in total. The Labute approximate surface area is 127 Å². The molecular weight excluding hydrogens is 308 g/mol. The van der Waals surface area contributed by atoms with Crippen molar-refractivity contribution in [3.8, 4) is 5.75 Å². The van der Waals surface area contributed by atoms with Crippen molar-refractivity contribution in [2.24, 2.45) is 0 Å². The van der Waals surface area contributed by atoms with Crippen LogP contribution in [-0.2, 0) is 9.84 Å². The molecular formula is C14H14N2O5S. The van der Waals surface area contributed by atoms with Crippen LogP contribution in [0.25, 0.3) is 0 Å². The van der Waals surface area contributed by atoms with Crippen molar-refractivity contribution in [1.29, 1.82) is 0 Å². The maximum absolute atomic E-state index is 12.0. The van der Waals surface area contributed by atoms with Crippen molar-refractivity contribution in [1.82, 2.24) is 0 Å². The van der Waals surface area contributed by atoms with Crippen LogP contribution >= 0.6 is 0 Å². The van der Waals surface area contributed by atoms with Crippen molar-refractivity contribution in [3.63, 3.8) is 0 Å². The molecule has 0 fully saturated rings. The van der Waals surface area contributed by atoms with Crippen LogP contribution in [0.4, 0.5) is 5.69 Å². The number of amides is 1. The van der Waals surface area contributed by atoms with Crippen LogP contribution in [0.1, 0.15) is 17.3 Å². The summed E-state index contributed by atoms with van der Waals surface area (Å²) in [5.74, 6) is -0.909. The van der Waals surface area contributed by atoms with Gasteiger partial charge in [0.15, 0.2) is 22.2 Å². The van der Waals surface area contributed by atoms with Gasteiger partial charge in [0.25, 0.3) is 5.91 Å². The molecule has 8 heteroatoms. The molecule has 0 bridgehead atoms. The average molecular weight is 322 g/mol. The van der Waals surface area contributed by atoms with Gasteiger partial charge in [-0.2, -0.15) is 4.73 Å². The molecule has 0 atom stereocenters. The zero-order valence-electron chi connectivity index (χ0n) is 11.7. The Balaban J connectivity index is 2.31. The Kier molecular flexibility index (Phi) is 4.32. The lowest BCUT2D eigenvalue weighted by Gasteiger charge is -2.09. The van der Waals surface area contributed by atoms with Gasteiger partial charge in [0.05, 0.1) is 21.9 Å². The van der Waals surface area contributed by atoms with E-state index in [1.54, 1.807) is 0 Å². The van der Waals surface area contributed by atoms with Crippen molar-refractivity contribution >= 4 is 21.4 Å². The molecule has 1 heterocycles. The standard InChI is InChI=1S/C14H14N2O5S/c1-2-22(20,21)11-3-4-13(17)12(9-11)15-14(18)10-5-7-16(19)8-6-10/h3-9,17H,2H2,1H3,(H,15,18). The van der Waals surface area contributed by atoms with Crippen molar-refractivity contribution in [2.45, 2.75) is 11.8 Å². The Morgan fingerprint density at radius 3 is 2.50 bits per heavy atom. The third-order valence-electron chi connectivity index (χ3n) is 3.02. The molecule has 1 amide bonds. The topological polar surface area (TPSA) is 110 Å². The maximum atomic E-state index is 12.0. The minimum atomic E-state index is -3.45. The quantitative estimate of drug-likeness (QED) is 0.497. The number of sulfone groups is 1. The summed E-state index contributed by atoms with van der Waals surface area (Å²) in [6, 6.07) is 6.29. The maximum Gasteiger partial charge on any atom is 0.256 e. The number of nitrogens with one attached hydrogen (secondary N) is 1. The number of hydrogen-bond acceptors (Lipinski definition) is 5. The second-order valence-corrected chi connectivity index (χ2v) is 6.76. The smallest absolute Gasteiger partial charge is 0.256 e. The van der Waals surface area contributed by atoms with E-state index in [9.17, 15) is 23.5 Å².